The number of fused-ring (bicyclic) bond motifs is 1. The van der Waals surface area contributed by atoms with E-state index in [-0.39, 0.29) is 0 Å². The predicted molar refractivity (Wildman–Crippen MR) is 36.2 cm³/mol. The Bertz CT molecular complexity index is 280. The fourth-order valence-electron chi connectivity index (χ4n) is 0.775. The first-order chi connectivity index (χ1) is 4.97. The highest BCUT2D eigenvalue weighted by Gasteiger charge is 1.89. The van der Waals surface area contributed by atoms with Gasteiger partial charge in [-0.15, -0.1) is 0 Å². The smallest absolute Gasteiger partial charge is 0.0966 e. The molecule has 0 saturated heterocycles. The van der Waals surface area contributed by atoms with Crippen LogP contribution in [-0.2, 0) is 0 Å². The first-order valence-corrected chi connectivity index (χ1v) is 2.90. The van der Waals surface area contributed by atoms with Gasteiger partial charge in [-0.3, -0.25) is 4.98 Å². The van der Waals surface area contributed by atoms with Crippen molar-refractivity contribution in [2.24, 2.45) is 0 Å². The Labute approximate surface area is 57.7 Å². The fraction of sp³-hybridized carbons (Fsp3) is 0. The maximum absolute atomic E-state index is 3.91. The van der Waals surface area contributed by atoms with E-state index >= 15 is 0 Å². The highest BCUT2D eigenvalue weighted by Crippen LogP contribution is 2.03. The van der Waals surface area contributed by atoms with Crippen LogP contribution in [0.5, 0.6) is 0 Å². The zero-order chi connectivity index (χ0) is 6.81. The molecule has 47 valence electrons. The van der Waals surface area contributed by atoms with E-state index in [0.717, 1.165) is 10.9 Å². The van der Waals surface area contributed by atoms with E-state index in [4.69, 9.17) is 0 Å². The molecule has 0 aliphatic rings. The van der Waals surface area contributed by atoms with Crippen molar-refractivity contribution in [1.29, 1.82) is 0 Å². The molecule has 0 aromatic carbocycles. The van der Waals surface area contributed by atoms with Crippen molar-refractivity contribution >= 4 is 10.9 Å². The van der Waals surface area contributed by atoms with Crippen molar-refractivity contribution in [3.05, 3.63) is 30.7 Å². The second-order valence-electron chi connectivity index (χ2n) is 1.88. The van der Waals surface area contributed by atoms with Crippen molar-refractivity contribution in [3.63, 3.8) is 0 Å². The lowest BCUT2D eigenvalue weighted by atomic mass is 10.3. The van der Waals surface area contributed by atoms with Gasteiger partial charge < -0.3 is 0 Å². The van der Waals surface area contributed by atoms with E-state index in [2.05, 4.69) is 21.2 Å². The molecule has 1 radical (unpaired) electrons. The third-order valence-electron chi connectivity index (χ3n) is 1.24. The Morgan fingerprint density at radius 3 is 3.30 bits per heavy atom. The van der Waals surface area contributed by atoms with E-state index in [1.807, 2.05) is 0 Å². The van der Waals surface area contributed by atoms with Crippen LogP contribution in [0.25, 0.3) is 10.9 Å². The standard InChI is InChI=1S/C7H4N3/c1-4-9-10-7-2-3-8-5-6(1)7/h2-5H. The monoisotopic (exact) mass is 130 g/mol. The third kappa shape index (κ3) is 0.719. The summed E-state index contributed by atoms with van der Waals surface area (Å²) in [5.41, 5.74) is 0.831. The first kappa shape index (κ1) is 5.29. The van der Waals surface area contributed by atoms with E-state index < -0.39 is 0 Å². The largest absolute Gasteiger partial charge is 0.264 e. The van der Waals surface area contributed by atoms with Crippen molar-refractivity contribution in [2.45, 2.75) is 0 Å². The van der Waals surface area contributed by atoms with Gasteiger partial charge in [0.15, 0.2) is 0 Å². The van der Waals surface area contributed by atoms with E-state index in [9.17, 15) is 0 Å². The minimum Gasteiger partial charge on any atom is -0.264 e. The van der Waals surface area contributed by atoms with Gasteiger partial charge in [0.1, 0.15) is 0 Å². The lowest BCUT2D eigenvalue weighted by molar-refractivity contribution is 1.07. The number of hydrogen-bond donors (Lipinski definition) is 0. The van der Waals surface area contributed by atoms with Crippen LogP contribution in [0, 0.1) is 6.07 Å². The predicted octanol–water partition coefficient (Wildman–Crippen LogP) is 0.825. The molecule has 0 N–H and O–H groups in total. The van der Waals surface area contributed by atoms with Crippen LogP contribution < -0.4 is 0 Å². The summed E-state index contributed by atoms with van der Waals surface area (Å²) in [7, 11) is 0. The fourth-order valence-corrected chi connectivity index (χ4v) is 0.775. The zero-order valence-electron chi connectivity index (χ0n) is 5.15. The van der Waals surface area contributed by atoms with Gasteiger partial charge in [-0.05, 0) is 6.07 Å². The highest BCUT2D eigenvalue weighted by molar-refractivity contribution is 5.75. The zero-order valence-corrected chi connectivity index (χ0v) is 5.15. The Morgan fingerprint density at radius 1 is 1.40 bits per heavy atom. The lowest BCUT2D eigenvalue weighted by Crippen LogP contribution is -1.81. The molecule has 0 spiro atoms. The molecule has 0 atom stereocenters. The van der Waals surface area contributed by atoms with Crippen LogP contribution in [0.2, 0.25) is 0 Å². The van der Waals surface area contributed by atoms with E-state index in [1.165, 1.54) is 6.20 Å². The molecule has 0 aliphatic carbocycles. The number of hydrogen-bond acceptors (Lipinski definition) is 3. The number of aromatic nitrogens is 3. The quantitative estimate of drug-likeness (QED) is 0.530. The topological polar surface area (TPSA) is 38.7 Å². The Balaban J connectivity index is 2.89. The maximum Gasteiger partial charge on any atom is 0.0966 e. The maximum atomic E-state index is 3.91. The van der Waals surface area contributed by atoms with E-state index in [0.29, 0.717) is 0 Å². The molecule has 0 bridgehead atoms. The van der Waals surface area contributed by atoms with Gasteiger partial charge in [-0.25, -0.2) is 0 Å². The number of nitrogens with zero attached hydrogens (tertiary/aromatic N) is 3. The summed E-state index contributed by atoms with van der Waals surface area (Å²) >= 11 is 0. The molecule has 0 amide bonds. The molecule has 3 heteroatoms. The summed E-state index contributed by atoms with van der Waals surface area (Å²) in [6.45, 7) is 0. The van der Waals surface area contributed by atoms with Gasteiger partial charge in [0.05, 0.1) is 11.7 Å². The summed E-state index contributed by atoms with van der Waals surface area (Å²) < 4.78 is 0. The Morgan fingerprint density at radius 2 is 2.40 bits per heavy atom. The van der Waals surface area contributed by atoms with Crippen LogP contribution in [0.4, 0.5) is 0 Å². The van der Waals surface area contributed by atoms with Gasteiger partial charge in [0.25, 0.3) is 0 Å². The van der Waals surface area contributed by atoms with Crippen molar-refractivity contribution in [3.8, 4) is 0 Å². The van der Waals surface area contributed by atoms with Crippen molar-refractivity contribution in [1.82, 2.24) is 15.2 Å². The average molecular weight is 130 g/mol. The van der Waals surface area contributed by atoms with Crippen molar-refractivity contribution in [2.75, 3.05) is 0 Å². The molecule has 0 aliphatic heterocycles. The van der Waals surface area contributed by atoms with Crippen LogP contribution in [0.1, 0.15) is 0 Å². The van der Waals surface area contributed by atoms with Crippen LogP contribution in [0.15, 0.2) is 24.7 Å². The molecule has 0 saturated carbocycles. The van der Waals surface area contributed by atoms with Gasteiger partial charge in [0.2, 0.25) is 0 Å². The molecule has 3 nitrogen and oxygen atoms in total. The molecule has 0 fully saturated rings. The summed E-state index contributed by atoms with van der Waals surface area (Å²) in [5, 5.41) is 8.44. The summed E-state index contributed by atoms with van der Waals surface area (Å²) in [6, 6.07) is 4.72. The minimum atomic E-state index is 0.831. The second-order valence-corrected chi connectivity index (χ2v) is 1.88. The SMILES string of the molecule is [c]1cnnc2ccncc12. The minimum absolute atomic E-state index is 0.831. The Kier molecular flexibility index (Phi) is 1.07. The molecule has 2 aromatic rings. The summed E-state index contributed by atoms with van der Waals surface area (Å²) in [5.74, 6) is 0. The molecular formula is C7H4N3. The molecule has 2 aromatic heterocycles. The van der Waals surface area contributed by atoms with E-state index in [1.54, 1.807) is 18.5 Å². The Hall–Kier alpha value is -1.51. The van der Waals surface area contributed by atoms with Crippen LogP contribution in [0.3, 0.4) is 0 Å². The van der Waals surface area contributed by atoms with Crippen LogP contribution >= 0.6 is 0 Å². The van der Waals surface area contributed by atoms with Crippen LogP contribution in [-0.4, -0.2) is 15.2 Å². The number of pyridine rings is 1. The van der Waals surface area contributed by atoms with Gasteiger partial charge in [0, 0.05) is 23.8 Å². The second kappa shape index (κ2) is 2.02. The van der Waals surface area contributed by atoms with Gasteiger partial charge in [-0.1, -0.05) is 0 Å². The normalized spacial score (nSPS) is 10.0. The average Bonchev–Trinajstić information content (AvgIpc) is 2.05. The van der Waals surface area contributed by atoms with Gasteiger partial charge >= 0.3 is 0 Å². The van der Waals surface area contributed by atoms with Gasteiger partial charge in [-0.2, -0.15) is 10.2 Å². The highest BCUT2D eigenvalue weighted by atomic mass is 15.1. The molecule has 0 unspecified atom stereocenters. The first-order valence-electron chi connectivity index (χ1n) is 2.90. The molecule has 2 heterocycles. The van der Waals surface area contributed by atoms with Crippen molar-refractivity contribution < 1.29 is 0 Å². The molecular weight excluding hydrogens is 126 g/mol. The lowest BCUT2D eigenvalue weighted by Gasteiger charge is -1.89. The third-order valence-corrected chi connectivity index (χ3v) is 1.24. The summed E-state index contributed by atoms with van der Waals surface area (Å²) in [4.78, 5) is 3.91. The molecule has 10 heavy (non-hydrogen) atoms. The summed E-state index contributed by atoms with van der Waals surface area (Å²) in [6.07, 6.45) is 4.93. The molecule has 2 rings (SSSR count). The number of rotatable bonds is 0.